The number of methoxy groups -OCH3 is 1. The zero-order chi connectivity index (χ0) is 21.4. The summed E-state index contributed by atoms with van der Waals surface area (Å²) in [6.45, 7) is 4.28. The third-order valence-electron chi connectivity index (χ3n) is 3.45. The van der Waals surface area contributed by atoms with Gasteiger partial charge >= 0.3 is 23.9 Å². The molecule has 0 aromatic heterocycles. The van der Waals surface area contributed by atoms with Gasteiger partial charge in [0.05, 0.1) is 7.11 Å². The van der Waals surface area contributed by atoms with E-state index in [2.05, 4.69) is 5.32 Å². The Kier molecular flexibility index (Phi) is 9.06. The van der Waals surface area contributed by atoms with E-state index >= 15 is 0 Å². The molecular formula is C16H23NO10S. The number of thiocarbonyl (C=S) groups is 1. The lowest BCUT2D eigenvalue weighted by molar-refractivity contribution is -0.269. The lowest BCUT2D eigenvalue weighted by Gasteiger charge is -2.44. The molecule has 158 valence electrons. The molecule has 0 unspecified atom stereocenters. The van der Waals surface area contributed by atoms with E-state index in [0.29, 0.717) is 0 Å². The van der Waals surface area contributed by atoms with Crippen LogP contribution in [-0.2, 0) is 47.6 Å². The largest absolute Gasteiger partial charge is 0.474 e. The van der Waals surface area contributed by atoms with Gasteiger partial charge in [0.15, 0.2) is 12.2 Å². The average Bonchev–Trinajstić information content (AvgIpc) is 2.56. The molecular weight excluding hydrogens is 398 g/mol. The van der Waals surface area contributed by atoms with Crippen molar-refractivity contribution in [3.05, 3.63) is 0 Å². The maximum atomic E-state index is 11.7. The molecule has 0 radical (unpaired) electrons. The summed E-state index contributed by atoms with van der Waals surface area (Å²) in [7, 11) is 1.30. The molecule has 1 N–H and O–H groups in total. The molecule has 1 fully saturated rings. The summed E-state index contributed by atoms with van der Waals surface area (Å²) in [6, 6.07) is -1.07. The van der Waals surface area contributed by atoms with Crippen LogP contribution in [-0.4, -0.2) is 73.4 Å². The Morgan fingerprint density at radius 3 is 1.89 bits per heavy atom. The first-order chi connectivity index (χ1) is 13.0. The molecule has 0 aliphatic carbocycles. The molecule has 1 rings (SSSR count). The highest BCUT2D eigenvalue weighted by Crippen LogP contribution is 2.28. The van der Waals surface area contributed by atoms with Gasteiger partial charge in [0.25, 0.3) is 5.17 Å². The zero-order valence-corrected chi connectivity index (χ0v) is 16.9. The normalized spacial score (nSPS) is 26.4. The van der Waals surface area contributed by atoms with Gasteiger partial charge in [0.2, 0.25) is 6.29 Å². The summed E-state index contributed by atoms with van der Waals surface area (Å²) in [5, 5.41) is 2.59. The Morgan fingerprint density at radius 1 is 0.893 bits per heavy atom. The first-order valence-corrected chi connectivity index (χ1v) is 8.61. The van der Waals surface area contributed by atoms with Gasteiger partial charge in [-0.3, -0.25) is 19.2 Å². The van der Waals surface area contributed by atoms with Crippen molar-refractivity contribution in [2.45, 2.75) is 58.3 Å². The van der Waals surface area contributed by atoms with Crippen LogP contribution in [0.25, 0.3) is 0 Å². The lowest BCUT2D eigenvalue weighted by Crippen LogP contribution is -2.66. The van der Waals surface area contributed by atoms with Crippen molar-refractivity contribution in [3.8, 4) is 0 Å². The van der Waals surface area contributed by atoms with Crippen molar-refractivity contribution in [1.29, 1.82) is 0 Å². The number of nitrogens with one attached hydrogen (secondary N) is 1. The molecule has 1 aliphatic heterocycles. The predicted octanol–water partition coefficient (Wildman–Crippen LogP) is -0.410. The number of hydrogen-bond donors (Lipinski definition) is 1. The number of carbonyl (C=O) groups excluding carboxylic acids is 4. The maximum absolute atomic E-state index is 11.7. The number of hydrogen-bond acceptors (Lipinski definition) is 11. The van der Waals surface area contributed by atoms with E-state index in [1.807, 2.05) is 0 Å². The Labute approximate surface area is 166 Å². The van der Waals surface area contributed by atoms with Gasteiger partial charge in [-0.05, 0) is 12.2 Å². The Balaban J connectivity index is 3.31. The molecule has 0 spiro atoms. The van der Waals surface area contributed by atoms with Gasteiger partial charge in [-0.25, -0.2) is 0 Å². The highest BCUT2D eigenvalue weighted by molar-refractivity contribution is 7.80. The fourth-order valence-electron chi connectivity index (χ4n) is 2.52. The topological polar surface area (TPSA) is 136 Å². The molecule has 0 aromatic rings. The fraction of sp³-hybridized carbons (Fsp3) is 0.688. The minimum atomic E-state index is -1.32. The van der Waals surface area contributed by atoms with Crippen molar-refractivity contribution in [3.63, 3.8) is 0 Å². The van der Waals surface area contributed by atoms with Crippen LogP contribution >= 0.6 is 12.2 Å². The molecule has 28 heavy (non-hydrogen) atoms. The highest BCUT2D eigenvalue weighted by Gasteiger charge is 2.52. The summed E-state index contributed by atoms with van der Waals surface area (Å²) in [5.41, 5.74) is 0. The second-order valence-electron chi connectivity index (χ2n) is 5.76. The van der Waals surface area contributed by atoms with Crippen molar-refractivity contribution in [2.75, 3.05) is 13.7 Å². The zero-order valence-electron chi connectivity index (χ0n) is 16.1. The van der Waals surface area contributed by atoms with Crippen molar-refractivity contribution < 1.29 is 47.6 Å². The van der Waals surface area contributed by atoms with Crippen LogP contribution in [0.15, 0.2) is 0 Å². The monoisotopic (exact) mass is 421 g/mol. The number of ether oxygens (including phenoxy) is 6. The Bertz CT molecular complexity index is 625. The molecule has 12 heteroatoms. The summed E-state index contributed by atoms with van der Waals surface area (Å²) in [5.74, 6) is -2.71. The van der Waals surface area contributed by atoms with E-state index in [1.54, 1.807) is 0 Å². The number of carbonyl (C=O) groups is 4. The SMILES string of the molecule is COC(=S)N[C@H]1[C@@H](OC(C)=O)O[C@H](COC(C)=O)[C@@H](OC(C)=O)[C@@H]1OC(C)=O. The fourth-order valence-corrected chi connectivity index (χ4v) is 2.65. The van der Waals surface area contributed by atoms with Crippen LogP contribution in [0.1, 0.15) is 27.7 Å². The van der Waals surface area contributed by atoms with Gasteiger partial charge in [-0.2, -0.15) is 0 Å². The predicted molar refractivity (Wildman–Crippen MR) is 94.7 cm³/mol. The summed E-state index contributed by atoms with van der Waals surface area (Å²) in [4.78, 5) is 45.9. The second kappa shape index (κ2) is 10.8. The summed E-state index contributed by atoms with van der Waals surface area (Å²) in [6.07, 6.45) is -4.80. The van der Waals surface area contributed by atoms with Gasteiger partial charge in [-0.1, -0.05) is 0 Å². The highest BCUT2D eigenvalue weighted by atomic mass is 32.1. The van der Waals surface area contributed by atoms with Crippen molar-refractivity contribution >= 4 is 41.3 Å². The van der Waals surface area contributed by atoms with E-state index < -0.39 is 54.5 Å². The average molecular weight is 421 g/mol. The van der Waals surface area contributed by atoms with Crippen LogP contribution in [0.2, 0.25) is 0 Å². The standard InChI is InChI=1S/C16H23NO10S/c1-7(18)23-6-11-13(24-8(2)19)14(25-9(3)20)12(17-16(28)22-5)15(27-11)26-10(4)21/h11-15H,6H2,1-5H3,(H,17,28)/t11-,12-,13-,14-,15+/m1/s1. The first-order valence-electron chi connectivity index (χ1n) is 8.20. The van der Waals surface area contributed by atoms with E-state index in [1.165, 1.54) is 14.0 Å². The minimum Gasteiger partial charge on any atom is -0.474 e. The van der Waals surface area contributed by atoms with E-state index in [4.69, 9.17) is 40.6 Å². The van der Waals surface area contributed by atoms with Crippen LogP contribution in [0.4, 0.5) is 0 Å². The van der Waals surface area contributed by atoms with Gasteiger partial charge in [0, 0.05) is 27.7 Å². The smallest absolute Gasteiger partial charge is 0.305 e. The third kappa shape index (κ3) is 7.27. The van der Waals surface area contributed by atoms with Crippen LogP contribution < -0.4 is 5.32 Å². The molecule has 1 aliphatic rings. The van der Waals surface area contributed by atoms with Crippen molar-refractivity contribution in [1.82, 2.24) is 5.32 Å². The van der Waals surface area contributed by atoms with Gasteiger partial charge < -0.3 is 33.7 Å². The second-order valence-corrected chi connectivity index (χ2v) is 6.14. The van der Waals surface area contributed by atoms with Gasteiger partial charge in [-0.15, -0.1) is 0 Å². The summed E-state index contributed by atoms with van der Waals surface area (Å²) < 4.78 is 31.2. The lowest BCUT2D eigenvalue weighted by atomic mass is 9.96. The molecule has 11 nitrogen and oxygen atoms in total. The van der Waals surface area contributed by atoms with Gasteiger partial charge in [0.1, 0.15) is 18.8 Å². The molecule has 1 saturated heterocycles. The molecule has 0 bridgehead atoms. The molecule has 0 aromatic carbocycles. The maximum Gasteiger partial charge on any atom is 0.305 e. The molecule has 1 heterocycles. The molecule has 5 atom stereocenters. The first kappa shape index (κ1) is 23.6. The van der Waals surface area contributed by atoms with E-state index in [0.717, 1.165) is 20.8 Å². The van der Waals surface area contributed by atoms with Crippen LogP contribution in [0, 0.1) is 0 Å². The number of rotatable bonds is 6. The summed E-state index contributed by atoms with van der Waals surface area (Å²) >= 11 is 4.96. The van der Waals surface area contributed by atoms with E-state index in [-0.39, 0.29) is 11.8 Å². The molecule has 0 saturated carbocycles. The quantitative estimate of drug-likeness (QED) is 0.339. The van der Waals surface area contributed by atoms with E-state index in [9.17, 15) is 19.2 Å². The Morgan fingerprint density at radius 2 is 1.43 bits per heavy atom. The van der Waals surface area contributed by atoms with Crippen LogP contribution in [0.5, 0.6) is 0 Å². The van der Waals surface area contributed by atoms with Crippen LogP contribution in [0.3, 0.4) is 0 Å². The minimum absolute atomic E-state index is 0.108. The Hall–Kier alpha value is -2.47. The molecule has 0 amide bonds. The third-order valence-corrected chi connectivity index (χ3v) is 3.74. The number of esters is 4. The van der Waals surface area contributed by atoms with Crippen molar-refractivity contribution in [2.24, 2.45) is 0 Å².